The number of hydrogen-bond donors (Lipinski definition) is 0. The Kier molecular flexibility index (Phi) is 5.57. The summed E-state index contributed by atoms with van der Waals surface area (Å²) in [5.41, 5.74) is 0.987. The van der Waals surface area contributed by atoms with E-state index in [2.05, 4.69) is 37.6 Å². The lowest BCUT2D eigenvalue weighted by Crippen LogP contribution is -2.38. The molecule has 1 saturated heterocycles. The summed E-state index contributed by atoms with van der Waals surface area (Å²) in [5.74, 6) is 1.65. The van der Waals surface area contributed by atoms with Crippen LogP contribution in [0, 0.1) is 11.8 Å². The summed E-state index contributed by atoms with van der Waals surface area (Å²) in [6, 6.07) is 1.69. The molecule has 0 radical (unpaired) electrons. The smallest absolute Gasteiger partial charge is 0.253 e. The van der Waals surface area contributed by atoms with Gasteiger partial charge in [0.15, 0.2) is 0 Å². The molecule has 2 heterocycles. The molecule has 118 valence electrons. The Balaban J connectivity index is 1.90. The number of aromatic nitrogens is 2. The first kappa shape index (κ1) is 16.2. The highest BCUT2D eigenvalue weighted by molar-refractivity contribution is 5.04. The second-order valence-corrected chi connectivity index (χ2v) is 7.10. The molecule has 0 aromatic carbocycles. The van der Waals surface area contributed by atoms with Crippen molar-refractivity contribution in [2.75, 3.05) is 19.6 Å². The lowest BCUT2D eigenvalue weighted by Gasteiger charge is -2.33. The van der Waals surface area contributed by atoms with Gasteiger partial charge < -0.3 is 4.90 Å². The van der Waals surface area contributed by atoms with Crippen LogP contribution in [0.15, 0.2) is 17.2 Å². The van der Waals surface area contributed by atoms with E-state index in [-0.39, 0.29) is 5.56 Å². The van der Waals surface area contributed by atoms with Crippen molar-refractivity contribution in [2.24, 2.45) is 11.8 Å². The van der Waals surface area contributed by atoms with Crippen LogP contribution in [0.1, 0.15) is 52.1 Å². The van der Waals surface area contributed by atoms with Crippen LogP contribution in [0.3, 0.4) is 0 Å². The van der Waals surface area contributed by atoms with Gasteiger partial charge in [-0.1, -0.05) is 27.7 Å². The Morgan fingerprint density at radius 2 is 1.90 bits per heavy atom. The minimum atomic E-state index is 0.0957. The van der Waals surface area contributed by atoms with Gasteiger partial charge in [-0.05, 0) is 43.7 Å². The van der Waals surface area contributed by atoms with Crippen molar-refractivity contribution < 1.29 is 0 Å². The Labute approximate surface area is 128 Å². The molecule has 21 heavy (non-hydrogen) atoms. The Bertz CT molecular complexity index is 499. The van der Waals surface area contributed by atoms with Crippen LogP contribution in [-0.2, 0) is 6.54 Å². The highest BCUT2D eigenvalue weighted by atomic mass is 16.1. The van der Waals surface area contributed by atoms with E-state index in [1.54, 1.807) is 17.0 Å². The third kappa shape index (κ3) is 4.67. The van der Waals surface area contributed by atoms with Crippen molar-refractivity contribution >= 4 is 0 Å². The third-order valence-electron chi connectivity index (χ3n) is 4.28. The molecule has 0 bridgehead atoms. The van der Waals surface area contributed by atoms with E-state index in [4.69, 9.17) is 0 Å². The minimum Gasteiger partial charge on any atom is -0.303 e. The van der Waals surface area contributed by atoms with E-state index in [0.29, 0.717) is 11.8 Å². The minimum absolute atomic E-state index is 0.0957. The van der Waals surface area contributed by atoms with Crippen molar-refractivity contribution in [3.8, 4) is 0 Å². The molecule has 0 N–H and O–H groups in total. The molecule has 1 aromatic rings. The molecule has 0 spiro atoms. The zero-order chi connectivity index (χ0) is 15.4. The molecule has 4 nitrogen and oxygen atoms in total. The fraction of sp³-hybridized carbons (Fsp3) is 0.765. The van der Waals surface area contributed by atoms with E-state index >= 15 is 0 Å². The van der Waals surface area contributed by atoms with Crippen LogP contribution in [0.25, 0.3) is 0 Å². The summed E-state index contributed by atoms with van der Waals surface area (Å²) in [4.78, 5) is 19.1. The number of likely N-dealkylation sites (tertiary alicyclic amines) is 1. The van der Waals surface area contributed by atoms with Crippen LogP contribution >= 0.6 is 0 Å². The van der Waals surface area contributed by atoms with Gasteiger partial charge in [-0.3, -0.25) is 9.36 Å². The summed E-state index contributed by atoms with van der Waals surface area (Å²) >= 11 is 0. The first-order valence-electron chi connectivity index (χ1n) is 8.24. The predicted molar refractivity (Wildman–Crippen MR) is 86.6 cm³/mol. The summed E-state index contributed by atoms with van der Waals surface area (Å²) in [6.07, 6.45) is 4.11. The largest absolute Gasteiger partial charge is 0.303 e. The van der Waals surface area contributed by atoms with Gasteiger partial charge in [0.25, 0.3) is 5.56 Å². The van der Waals surface area contributed by atoms with E-state index in [1.807, 2.05) is 0 Å². The summed E-state index contributed by atoms with van der Waals surface area (Å²) in [6.45, 7) is 13.0. The van der Waals surface area contributed by atoms with Gasteiger partial charge in [-0.25, -0.2) is 4.98 Å². The van der Waals surface area contributed by atoms with Gasteiger partial charge in [0.05, 0.1) is 12.0 Å². The van der Waals surface area contributed by atoms with Crippen LogP contribution in [0.2, 0.25) is 0 Å². The predicted octanol–water partition coefficient (Wildman–Crippen LogP) is 2.73. The topological polar surface area (TPSA) is 38.1 Å². The Morgan fingerprint density at radius 3 is 2.43 bits per heavy atom. The zero-order valence-corrected chi connectivity index (χ0v) is 13.9. The number of rotatable bonds is 5. The summed E-state index contributed by atoms with van der Waals surface area (Å²) < 4.78 is 1.79. The van der Waals surface area contributed by atoms with Crippen molar-refractivity contribution in [1.29, 1.82) is 0 Å². The average molecular weight is 291 g/mol. The SMILES string of the molecule is CC(C)CN1CCC(Cn2cnc(C(C)C)cc2=O)CC1. The number of piperidine rings is 1. The van der Waals surface area contributed by atoms with E-state index in [1.165, 1.54) is 19.4 Å². The lowest BCUT2D eigenvalue weighted by molar-refractivity contribution is 0.158. The molecule has 1 aromatic heterocycles. The molecule has 0 atom stereocenters. The van der Waals surface area contributed by atoms with Crippen LogP contribution < -0.4 is 5.56 Å². The second-order valence-electron chi connectivity index (χ2n) is 7.10. The molecule has 0 saturated carbocycles. The molecular weight excluding hydrogens is 262 g/mol. The molecule has 0 aliphatic carbocycles. The van der Waals surface area contributed by atoms with Crippen LogP contribution in [-0.4, -0.2) is 34.1 Å². The van der Waals surface area contributed by atoms with Crippen molar-refractivity contribution in [3.05, 3.63) is 28.4 Å². The quantitative estimate of drug-likeness (QED) is 0.837. The van der Waals surface area contributed by atoms with Crippen molar-refractivity contribution in [3.63, 3.8) is 0 Å². The molecule has 4 heteroatoms. The molecule has 2 rings (SSSR count). The normalized spacial score (nSPS) is 17.8. The third-order valence-corrected chi connectivity index (χ3v) is 4.28. The van der Waals surface area contributed by atoms with Gasteiger partial charge >= 0.3 is 0 Å². The Morgan fingerprint density at radius 1 is 1.24 bits per heavy atom. The number of nitrogens with zero attached hydrogens (tertiary/aromatic N) is 3. The van der Waals surface area contributed by atoms with Crippen LogP contribution in [0.4, 0.5) is 0 Å². The van der Waals surface area contributed by atoms with Gasteiger partial charge in [0.1, 0.15) is 0 Å². The highest BCUT2D eigenvalue weighted by Crippen LogP contribution is 2.19. The standard InChI is InChI=1S/C17H29N3O/c1-13(2)10-19-7-5-15(6-8-19)11-20-12-18-16(14(3)4)9-17(20)21/h9,12-15H,5-8,10-11H2,1-4H3. The maximum atomic E-state index is 12.1. The first-order chi connectivity index (χ1) is 9.95. The molecule has 0 unspecified atom stereocenters. The highest BCUT2D eigenvalue weighted by Gasteiger charge is 2.20. The number of hydrogen-bond acceptors (Lipinski definition) is 3. The molecule has 0 amide bonds. The second kappa shape index (κ2) is 7.21. The van der Waals surface area contributed by atoms with Crippen molar-refractivity contribution in [2.45, 2.75) is 53.0 Å². The van der Waals surface area contributed by atoms with Crippen LogP contribution in [0.5, 0.6) is 0 Å². The molecule has 1 aliphatic rings. The van der Waals surface area contributed by atoms with Gasteiger partial charge in [0, 0.05) is 19.2 Å². The monoisotopic (exact) mass is 291 g/mol. The van der Waals surface area contributed by atoms with Gasteiger partial charge in [-0.2, -0.15) is 0 Å². The van der Waals surface area contributed by atoms with E-state index < -0.39 is 0 Å². The van der Waals surface area contributed by atoms with Gasteiger partial charge in [-0.15, -0.1) is 0 Å². The molecule has 1 aliphatic heterocycles. The summed E-state index contributed by atoms with van der Waals surface area (Å²) in [7, 11) is 0. The van der Waals surface area contributed by atoms with E-state index in [0.717, 1.165) is 31.2 Å². The van der Waals surface area contributed by atoms with E-state index in [9.17, 15) is 4.79 Å². The fourth-order valence-electron chi connectivity index (χ4n) is 3.04. The maximum Gasteiger partial charge on any atom is 0.253 e. The zero-order valence-electron chi connectivity index (χ0n) is 13.9. The van der Waals surface area contributed by atoms with Gasteiger partial charge in [0.2, 0.25) is 0 Å². The maximum absolute atomic E-state index is 12.1. The fourth-order valence-corrected chi connectivity index (χ4v) is 3.04. The van der Waals surface area contributed by atoms with Crippen molar-refractivity contribution in [1.82, 2.24) is 14.5 Å². The Hall–Kier alpha value is -1.16. The molecular formula is C17H29N3O. The lowest BCUT2D eigenvalue weighted by atomic mass is 9.96. The average Bonchev–Trinajstić information content (AvgIpc) is 2.42. The first-order valence-corrected chi connectivity index (χ1v) is 8.24. The molecule has 1 fully saturated rings. The summed E-state index contributed by atoms with van der Waals surface area (Å²) in [5, 5.41) is 0.